The molecule has 38 heavy (non-hydrogen) atoms. The minimum Gasteiger partial charge on any atom is -0.383 e. The summed E-state index contributed by atoms with van der Waals surface area (Å²) in [4.78, 5) is 7.91. The molecule has 2 heterocycles. The predicted octanol–water partition coefficient (Wildman–Crippen LogP) is 5.27. The summed E-state index contributed by atoms with van der Waals surface area (Å²) in [6, 6.07) is 6.18. The highest BCUT2D eigenvalue weighted by molar-refractivity contribution is 8.76. The highest BCUT2D eigenvalue weighted by Crippen LogP contribution is 2.36. The highest BCUT2D eigenvalue weighted by atomic mass is 33.1. The van der Waals surface area contributed by atoms with E-state index in [0.717, 1.165) is 24.3 Å². The quantitative estimate of drug-likeness (QED) is 0.130. The van der Waals surface area contributed by atoms with Crippen LogP contribution in [0.2, 0.25) is 0 Å². The summed E-state index contributed by atoms with van der Waals surface area (Å²) in [7, 11) is 2.80. The van der Waals surface area contributed by atoms with Gasteiger partial charge < -0.3 is 19.3 Å². The normalized spacial score (nSPS) is 14.8. The Morgan fingerprint density at radius 2 is 1.11 bits per heavy atom. The number of hydrogen-bond donors (Lipinski definition) is 2. The topological polar surface area (TPSA) is 76.1 Å². The Bertz CT molecular complexity index is 1230. The zero-order valence-corrected chi connectivity index (χ0v) is 21.8. The molecule has 12 heteroatoms. The highest BCUT2D eigenvalue weighted by Gasteiger charge is 2.34. The number of hydrogen-bond acceptors (Lipinski definition) is 6. The Kier molecular flexibility index (Phi) is 9.19. The van der Waals surface area contributed by atoms with Crippen LogP contribution in [0.1, 0.15) is 24.0 Å². The Morgan fingerprint density at radius 1 is 0.684 bits per heavy atom. The summed E-state index contributed by atoms with van der Waals surface area (Å²) in [6.45, 7) is 0.0462. The molecule has 2 aromatic carbocycles. The van der Waals surface area contributed by atoms with E-state index in [9.17, 15) is 27.8 Å². The van der Waals surface area contributed by atoms with Crippen LogP contribution in [0.15, 0.2) is 73.8 Å². The van der Waals surface area contributed by atoms with Crippen LogP contribution in [-0.4, -0.2) is 40.8 Å². The molecule has 0 radical (unpaired) electrons. The average molecular weight is 567 g/mol. The molecule has 0 saturated carbocycles. The second kappa shape index (κ2) is 12.4. The van der Waals surface area contributed by atoms with E-state index < -0.39 is 34.5 Å². The van der Waals surface area contributed by atoms with E-state index in [2.05, 4.69) is 9.97 Å². The van der Waals surface area contributed by atoms with Gasteiger partial charge in [0.15, 0.2) is 0 Å². The van der Waals surface area contributed by atoms with Gasteiger partial charge in [-0.1, -0.05) is 33.7 Å². The lowest BCUT2D eigenvalue weighted by Crippen LogP contribution is -2.33. The Balaban J connectivity index is 1.39. The lowest BCUT2D eigenvalue weighted by atomic mass is 9.90. The minimum atomic E-state index is -1.62. The van der Waals surface area contributed by atoms with E-state index in [1.54, 1.807) is 33.9 Å². The molecule has 2 aromatic heterocycles. The first kappa shape index (κ1) is 28.2. The Morgan fingerprint density at radius 3 is 1.45 bits per heavy atom. The lowest BCUT2D eigenvalue weighted by molar-refractivity contribution is 0.0116. The van der Waals surface area contributed by atoms with Crippen molar-refractivity contribution in [3.05, 3.63) is 108 Å². The van der Waals surface area contributed by atoms with Crippen LogP contribution in [0.25, 0.3) is 0 Å². The standard InChI is InChI=1S/C26H26F4N4O2S2/c27-19-1-3-21(23(29)13-19)25(35,15-33-9-7-31-17-33)5-11-37-38-12-6-26(36,16-34-10-8-32-18-34)22-4-2-20(28)14-24(22)30/h1-4,7-10,13-14,17-18,35-36H,5-6,11-12,15-16H2/t25-,26-/m0/s1. The van der Waals surface area contributed by atoms with Crippen molar-refractivity contribution < 1.29 is 27.8 Å². The molecule has 4 aromatic rings. The summed E-state index contributed by atoms with van der Waals surface area (Å²) < 4.78 is 59.4. The van der Waals surface area contributed by atoms with Gasteiger partial charge in [0.1, 0.15) is 34.5 Å². The van der Waals surface area contributed by atoms with Gasteiger partial charge in [0.25, 0.3) is 0 Å². The van der Waals surface area contributed by atoms with Gasteiger partial charge in [0.05, 0.1) is 25.7 Å². The van der Waals surface area contributed by atoms with Gasteiger partial charge in [0, 0.05) is 59.6 Å². The summed E-state index contributed by atoms with van der Waals surface area (Å²) >= 11 is 0. The van der Waals surface area contributed by atoms with Crippen molar-refractivity contribution in [3.63, 3.8) is 0 Å². The largest absolute Gasteiger partial charge is 0.383 e. The van der Waals surface area contributed by atoms with Crippen molar-refractivity contribution in [1.82, 2.24) is 19.1 Å². The Hall–Kier alpha value is -2.80. The second-order valence-electron chi connectivity index (χ2n) is 8.93. The van der Waals surface area contributed by atoms with E-state index in [1.165, 1.54) is 46.4 Å². The minimum absolute atomic E-state index is 0.0142. The summed E-state index contributed by atoms with van der Waals surface area (Å²) in [6.07, 6.45) is 9.68. The molecule has 4 rings (SSSR count). The number of imidazole rings is 2. The second-order valence-corrected chi connectivity index (χ2v) is 11.6. The number of halogens is 4. The molecule has 0 unspecified atom stereocenters. The molecular weight excluding hydrogens is 540 g/mol. The van der Waals surface area contributed by atoms with Gasteiger partial charge in [-0.15, -0.1) is 0 Å². The van der Waals surface area contributed by atoms with Gasteiger partial charge in [0.2, 0.25) is 0 Å². The fourth-order valence-corrected chi connectivity index (χ4v) is 6.52. The van der Waals surface area contributed by atoms with Crippen LogP contribution in [0, 0.1) is 23.3 Å². The maximum Gasteiger partial charge on any atom is 0.132 e. The lowest BCUT2D eigenvalue weighted by Gasteiger charge is -2.30. The van der Waals surface area contributed by atoms with Crippen molar-refractivity contribution in [1.29, 1.82) is 0 Å². The van der Waals surface area contributed by atoms with Crippen molar-refractivity contribution >= 4 is 21.6 Å². The zero-order valence-electron chi connectivity index (χ0n) is 20.2. The fraction of sp³-hybridized carbons (Fsp3) is 0.308. The first-order chi connectivity index (χ1) is 18.2. The van der Waals surface area contributed by atoms with Crippen molar-refractivity contribution in [3.8, 4) is 0 Å². The molecule has 202 valence electrons. The molecule has 0 aliphatic heterocycles. The van der Waals surface area contributed by atoms with Crippen LogP contribution in [-0.2, 0) is 24.3 Å². The maximum atomic E-state index is 14.6. The summed E-state index contributed by atoms with van der Waals surface area (Å²) in [5.74, 6) is -2.34. The molecule has 0 spiro atoms. The molecule has 0 aliphatic carbocycles. The van der Waals surface area contributed by atoms with Crippen LogP contribution in [0.4, 0.5) is 17.6 Å². The van der Waals surface area contributed by atoms with Crippen LogP contribution in [0.3, 0.4) is 0 Å². The molecule has 2 atom stereocenters. The SMILES string of the molecule is O[C@@](CCSSCC[C@](O)(Cn1ccnc1)c1ccc(F)cc1F)(Cn1ccnc1)c1ccc(F)cc1F. The third-order valence-electron chi connectivity index (χ3n) is 6.15. The van der Waals surface area contributed by atoms with E-state index in [4.69, 9.17) is 0 Å². The first-order valence-corrected chi connectivity index (χ1v) is 14.2. The average Bonchev–Trinajstić information content (AvgIpc) is 3.55. The molecule has 0 amide bonds. The number of aromatic nitrogens is 4. The third kappa shape index (κ3) is 6.99. The van der Waals surface area contributed by atoms with E-state index in [-0.39, 0.29) is 37.1 Å². The van der Waals surface area contributed by atoms with Crippen LogP contribution in [0.5, 0.6) is 0 Å². The van der Waals surface area contributed by atoms with Gasteiger partial charge in [-0.05, 0) is 25.0 Å². The molecule has 6 nitrogen and oxygen atoms in total. The number of nitrogens with zero attached hydrogens (tertiary/aromatic N) is 4. The summed E-state index contributed by atoms with van der Waals surface area (Å²) in [5.41, 5.74) is -3.27. The smallest absolute Gasteiger partial charge is 0.132 e. The predicted molar refractivity (Wildman–Crippen MR) is 139 cm³/mol. The van der Waals surface area contributed by atoms with E-state index >= 15 is 0 Å². The molecule has 0 aliphatic rings. The van der Waals surface area contributed by atoms with Gasteiger partial charge in [-0.3, -0.25) is 0 Å². The van der Waals surface area contributed by atoms with E-state index in [0.29, 0.717) is 11.5 Å². The van der Waals surface area contributed by atoms with Gasteiger partial charge >= 0.3 is 0 Å². The van der Waals surface area contributed by atoms with Gasteiger partial charge in [-0.2, -0.15) is 0 Å². The molecular formula is C26H26F4N4O2S2. The summed E-state index contributed by atoms with van der Waals surface area (Å²) in [5, 5.41) is 22.8. The third-order valence-corrected chi connectivity index (χ3v) is 8.56. The fourth-order valence-electron chi connectivity index (χ4n) is 4.24. The van der Waals surface area contributed by atoms with Crippen LogP contribution < -0.4 is 0 Å². The first-order valence-electron chi connectivity index (χ1n) is 11.7. The monoisotopic (exact) mass is 566 g/mol. The van der Waals surface area contributed by atoms with Crippen molar-refractivity contribution in [2.45, 2.75) is 37.1 Å². The number of benzene rings is 2. The zero-order chi connectivity index (χ0) is 27.2. The van der Waals surface area contributed by atoms with Crippen molar-refractivity contribution in [2.75, 3.05) is 11.5 Å². The number of rotatable bonds is 13. The molecule has 0 bridgehead atoms. The van der Waals surface area contributed by atoms with Crippen LogP contribution >= 0.6 is 21.6 Å². The molecule has 0 saturated heterocycles. The van der Waals surface area contributed by atoms with Gasteiger partial charge in [-0.25, -0.2) is 27.5 Å². The maximum absolute atomic E-state index is 14.6. The Labute approximate surface area is 225 Å². The molecule has 0 fully saturated rings. The molecule has 2 N–H and O–H groups in total. The van der Waals surface area contributed by atoms with Crippen molar-refractivity contribution in [2.24, 2.45) is 0 Å². The van der Waals surface area contributed by atoms with E-state index in [1.807, 2.05) is 0 Å². The number of aliphatic hydroxyl groups is 2.